The Morgan fingerprint density at radius 1 is 1.47 bits per heavy atom. The maximum absolute atomic E-state index is 11.8. The second-order valence-corrected chi connectivity index (χ2v) is 5.21. The lowest BCUT2D eigenvalue weighted by atomic mass is 10.1. The van der Waals surface area contributed by atoms with E-state index in [1.807, 2.05) is 36.7 Å². The molecule has 0 bridgehead atoms. The standard InChI is InChI=1S/C13H14N4OS/c1-14-10-4-2-3-9(7-10)12-11-8-19-6-5-17(11)13(18)16-15-12/h2-4,7-8,14H,5-6H2,1H3,(H,16,18). The van der Waals surface area contributed by atoms with Crippen LogP contribution in [-0.2, 0) is 0 Å². The Balaban J connectivity index is 2.03. The van der Waals surface area contributed by atoms with E-state index in [0.717, 1.165) is 28.4 Å². The van der Waals surface area contributed by atoms with Gasteiger partial charge in [0.2, 0.25) is 0 Å². The van der Waals surface area contributed by atoms with Gasteiger partial charge >= 0.3 is 6.03 Å². The molecule has 0 aromatic heterocycles. The van der Waals surface area contributed by atoms with Gasteiger partial charge in [0.25, 0.3) is 0 Å². The number of thioether (sulfide) groups is 1. The molecule has 2 heterocycles. The number of amides is 2. The summed E-state index contributed by atoms with van der Waals surface area (Å²) < 4.78 is 0. The quantitative estimate of drug-likeness (QED) is 0.867. The van der Waals surface area contributed by atoms with Crippen LogP contribution in [-0.4, -0.2) is 36.0 Å². The average Bonchev–Trinajstić information content (AvgIpc) is 2.48. The van der Waals surface area contributed by atoms with Gasteiger partial charge in [-0.1, -0.05) is 12.1 Å². The Hall–Kier alpha value is -1.95. The normalized spacial score (nSPS) is 18.2. The third-order valence-corrected chi connectivity index (χ3v) is 3.90. The molecule has 0 radical (unpaired) electrons. The van der Waals surface area contributed by atoms with Crippen LogP contribution in [0.3, 0.4) is 0 Å². The Kier molecular flexibility index (Phi) is 3.16. The van der Waals surface area contributed by atoms with Gasteiger partial charge in [0.1, 0.15) is 5.71 Å². The maximum Gasteiger partial charge on any atom is 0.342 e. The third-order valence-electron chi connectivity index (χ3n) is 3.09. The second-order valence-electron chi connectivity index (χ2n) is 4.23. The topological polar surface area (TPSA) is 56.7 Å². The molecule has 2 amide bonds. The van der Waals surface area contributed by atoms with Crippen LogP contribution in [0.25, 0.3) is 0 Å². The smallest absolute Gasteiger partial charge is 0.342 e. The minimum absolute atomic E-state index is 0.153. The molecule has 0 unspecified atom stereocenters. The van der Waals surface area contributed by atoms with Crippen molar-refractivity contribution in [3.63, 3.8) is 0 Å². The summed E-state index contributed by atoms with van der Waals surface area (Å²) in [5.41, 5.74) is 6.28. The van der Waals surface area contributed by atoms with Crippen LogP contribution >= 0.6 is 11.8 Å². The summed E-state index contributed by atoms with van der Waals surface area (Å²) in [7, 11) is 1.88. The number of anilines is 1. The molecule has 0 atom stereocenters. The van der Waals surface area contributed by atoms with Gasteiger partial charge in [-0.05, 0) is 17.5 Å². The monoisotopic (exact) mass is 274 g/mol. The van der Waals surface area contributed by atoms with E-state index < -0.39 is 0 Å². The number of nitrogens with zero attached hydrogens (tertiary/aromatic N) is 2. The summed E-state index contributed by atoms with van der Waals surface area (Å²) in [4.78, 5) is 13.5. The highest BCUT2D eigenvalue weighted by molar-refractivity contribution is 8.02. The predicted molar refractivity (Wildman–Crippen MR) is 78.3 cm³/mol. The van der Waals surface area contributed by atoms with E-state index in [0.29, 0.717) is 6.54 Å². The van der Waals surface area contributed by atoms with Crippen molar-refractivity contribution in [3.8, 4) is 0 Å². The molecule has 1 aromatic carbocycles. The Morgan fingerprint density at radius 2 is 2.37 bits per heavy atom. The molecule has 0 saturated heterocycles. The fourth-order valence-corrected chi connectivity index (χ4v) is 2.92. The van der Waals surface area contributed by atoms with E-state index in [-0.39, 0.29) is 6.03 Å². The van der Waals surface area contributed by atoms with Crippen molar-refractivity contribution in [1.29, 1.82) is 0 Å². The summed E-state index contributed by atoms with van der Waals surface area (Å²) in [6.07, 6.45) is 0. The van der Waals surface area contributed by atoms with Gasteiger partial charge in [-0.15, -0.1) is 11.8 Å². The van der Waals surface area contributed by atoms with Crippen LogP contribution in [0, 0.1) is 0 Å². The van der Waals surface area contributed by atoms with E-state index in [2.05, 4.69) is 15.8 Å². The van der Waals surface area contributed by atoms with E-state index in [4.69, 9.17) is 0 Å². The second kappa shape index (κ2) is 4.97. The summed E-state index contributed by atoms with van der Waals surface area (Å²) in [6, 6.07) is 7.83. The van der Waals surface area contributed by atoms with Gasteiger partial charge in [-0.2, -0.15) is 5.10 Å². The van der Waals surface area contributed by atoms with Crippen molar-refractivity contribution < 1.29 is 4.79 Å². The Morgan fingerprint density at radius 3 is 3.21 bits per heavy atom. The molecule has 0 spiro atoms. The highest BCUT2D eigenvalue weighted by Crippen LogP contribution is 2.26. The van der Waals surface area contributed by atoms with Crippen LogP contribution in [0.5, 0.6) is 0 Å². The van der Waals surface area contributed by atoms with Gasteiger partial charge < -0.3 is 5.32 Å². The molecule has 98 valence electrons. The number of allylic oxidation sites excluding steroid dienone is 1. The van der Waals surface area contributed by atoms with Crippen molar-refractivity contribution in [2.45, 2.75) is 0 Å². The predicted octanol–water partition coefficient (Wildman–Crippen LogP) is 2.05. The minimum atomic E-state index is -0.153. The molecule has 1 aromatic rings. The Bertz CT molecular complexity index is 582. The number of carbonyl (C=O) groups excluding carboxylic acids is 1. The zero-order valence-electron chi connectivity index (χ0n) is 10.5. The first-order valence-electron chi connectivity index (χ1n) is 6.05. The number of nitrogens with one attached hydrogen (secondary N) is 2. The first-order valence-corrected chi connectivity index (χ1v) is 7.10. The number of rotatable bonds is 2. The number of hydrazone groups is 1. The van der Waals surface area contributed by atoms with E-state index in [9.17, 15) is 4.79 Å². The van der Waals surface area contributed by atoms with Crippen molar-refractivity contribution in [2.24, 2.45) is 5.10 Å². The summed E-state index contributed by atoms with van der Waals surface area (Å²) in [5.74, 6) is 0.917. The fourth-order valence-electron chi connectivity index (χ4n) is 2.12. The lowest BCUT2D eigenvalue weighted by Crippen LogP contribution is -2.46. The fraction of sp³-hybridized carbons (Fsp3) is 0.231. The highest BCUT2D eigenvalue weighted by atomic mass is 32.2. The zero-order valence-corrected chi connectivity index (χ0v) is 11.3. The van der Waals surface area contributed by atoms with E-state index in [1.165, 1.54) is 0 Å². The first-order chi connectivity index (χ1) is 9.29. The largest absolute Gasteiger partial charge is 0.388 e. The number of hydrogen-bond donors (Lipinski definition) is 2. The molecule has 2 N–H and O–H groups in total. The summed E-state index contributed by atoms with van der Waals surface area (Å²) >= 11 is 1.71. The molecule has 2 aliphatic rings. The maximum atomic E-state index is 11.8. The van der Waals surface area contributed by atoms with Crippen LogP contribution < -0.4 is 10.7 Å². The highest BCUT2D eigenvalue weighted by Gasteiger charge is 2.29. The lowest BCUT2D eigenvalue weighted by Gasteiger charge is -2.31. The Labute approximate surface area is 115 Å². The van der Waals surface area contributed by atoms with Crippen LogP contribution in [0.4, 0.5) is 10.5 Å². The van der Waals surface area contributed by atoms with Crippen molar-refractivity contribution in [3.05, 3.63) is 40.9 Å². The number of hydrogen-bond acceptors (Lipinski definition) is 4. The summed E-state index contributed by atoms with van der Waals surface area (Å²) in [5, 5.41) is 9.32. The number of urea groups is 1. The number of carbonyl (C=O) groups is 1. The van der Waals surface area contributed by atoms with Crippen LogP contribution in [0.15, 0.2) is 40.5 Å². The average molecular weight is 274 g/mol. The third kappa shape index (κ3) is 2.19. The molecule has 19 heavy (non-hydrogen) atoms. The van der Waals surface area contributed by atoms with Crippen molar-refractivity contribution in [2.75, 3.05) is 24.7 Å². The molecular weight excluding hydrogens is 260 g/mol. The van der Waals surface area contributed by atoms with E-state index >= 15 is 0 Å². The van der Waals surface area contributed by atoms with Crippen molar-refractivity contribution >= 4 is 29.2 Å². The molecule has 5 nitrogen and oxygen atoms in total. The lowest BCUT2D eigenvalue weighted by molar-refractivity contribution is 0.213. The van der Waals surface area contributed by atoms with Crippen molar-refractivity contribution in [1.82, 2.24) is 10.3 Å². The van der Waals surface area contributed by atoms with Crippen LogP contribution in [0.1, 0.15) is 5.56 Å². The number of benzene rings is 1. The number of fused-ring (bicyclic) bond motifs is 1. The zero-order chi connectivity index (χ0) is 13.2. The molecule has 0 saturated carbocycles. The SMILES string of the molecule is CNc1cccc(C2=NNC(=O)N3CCSC=C23)c1. The molecule has 6 heteroatoms. The minimum Gasteiger partial charge on any atom is -0.388 e. The van der Waals surface area contributed by atoms with E-state index in [1.54, 1.807) is 16.7 Å². The first kappa shape index (κ1) is 12.1. The van der Waals surface area contributed by atoms with Gasteiger partial charge in [-0.3, -0.25) is 4.90 Å². The molecule has 3 rings (SSSR count). The summed E-state index contributed by atoms with van der Waals surface area (Å²) in [6.45, 7) is 0.715. The molecule has 0 fully saturated rings. The molecule has 0 aliphatic carbocycles. The van der Waals surface area contributed by atoms with Gasteiger partial charge in [0.05, 0.1) is 5.70 Å². The van der Waals surface area contributed by atoms with Gasteiger partial charge in [0.15, 0.2) is 0 Å². The molecule has 2 aliphatic heterocycles. The van der Waals surface area contributed by atoms with Crippen LogP contribution in [0.2, 0.25) is 0 Å². The van der Waals surface area contributed by atoms with Gasteiger partial charge in [-0.25, -0.2) is 10.2 Å². The molecular formula is C13H14N4OS. The van der Waals surface area contributed by atoms with Gasteiger partial charge in [0, 0.05) is 30.6 Å².